The standard InChI is InChI=1S/C22H17N5O3/c28-17-5-3-4-14(12-17)13-23-27-20(29)15-8-10-16(11-9-15)24-22-25-19-7-2-1-6-18(19)21(30)26-22/h1-13,28H,(H,27,29)(H2,24,25,26,30)/b23-13-. The molecule has 0 atom stereocenters. The number of nitrogens with zero attached hydrogens (tertiary/aromatic N) is 2. The van der Waals surface area contributed by atoms with Crippen LogP contribution in [-0.2, 0) is 0 Å². The van der Waals surface area contributed by atoms with Gasteiger partial charge in [-0.15, -0.1) is 0 Å². The number of phenolic OH excluding ortho intramolecular Hbond substituents is 1. The fourth-order valence-electron chi connectivity index (χ4n) is 2.82. The number of aromatic amines is 1. The smallest absolute Gasteiger partial charge is 0.271 e. The molecule has 1 amide bonds. The first kappa shape index (κ1) is 18.9. The third kappa shape index (κ3) is 4.33. The lowest BCUT2D eigenvalue weighted by Gasteiger charge is -2.07. The molecule has 1 heterocycles. The molecule has 0 aliphatic rings. The van der Waals surface area contributed by atoms with Gasteiger partial charge in [0.2, 0.25) is 5.95 Å². The Kier molecular flexibility index (Phi) is 5.21. The lowest BCUT2D eigenvalue weighted by Crippen LogP contribution is -2.17. The Morgan fingerprint density at radius 2 is 1.83 bits per heavy atom. The van der Waals surface area contributed by atoms with Gasteiger partial charge in [-0.2, -0.15) is 5.10 Å². The maximum Gasteiger partial charge on any atom is 0.271 e. The molecule has 0 saturated heterocycles. The average Bonchev–Trinajstić information content (AvgIpc) is 2.74. The molecule has 0 fully saturated rings. The van der Waals surface area contributed by atoms with Crippen LogP contribution in [0.25, 0.3) is 10.9 Å². The predicted octanol–water partition coefficient (Wildman–Crippen LogP) is 3.14. The third-order valence-corrected chi connectivity index (χ3v) is 4.27. The van der Waals surface area contributed by atoms with Crippen molar-refractivity contribution in [1.29, 1.82) is 0 Å². The summed E-state index contributed by atoms with van der Waals surface area (Å²) in [6.45, 7) is 0. The van der Waals surface area contributed by atoms with E-state index in [4.69, 9.17) is 0 Å². The van der Waals surface area contributed by atoms with E-state index in [1.165, 1.54) is 12.3 Å². The molecule has 0 bridgehead atoms. The fourth-order valence-corrected chi connectivity index (χ4v) is 2.82. The molecule has 0 spiro atoms. The number of amides is 1. The summed E-state index contributed by atoms with van der Waals surface area (Å²) in [4.78, 5) is 31.4. The van der Waals surface area contributed by atoms with Crippen LogP contribution in [0.5, 0.6) is 5.75 Å². The molecular weight excluding hydrogens is 382 g/mol. The third-order valence-electron chi connectivity index (χ3n) is 4.27. The van der Waals surface area contributed by atoms with Gasteiger partial charge in [0.25, 0.3) is 11.5 Å². The highest BCUT2D eigenvalue weighted by atomic mass is 16.3. The summed E-state index contributed by atoms with van der Waals surface area (Å²) in [5.74, 6) is 0.0532. The summed E-state index contributed by atoms with van der Waals surface area (Å²) >= 11 is 0. The number of hydrogen-bond acceptors (Lipinski definition) is 6. The van der Waals surface area contributed by atoms with Gasteiger partial charge in [0.15, 0.2) is 0 Å². The summed E-state index contributed by atoms with van der Waals surface area (Å²) in [5, 5.41) is 16.8. The number of benzene rings is 3. The molecule has 8 heteroatoms. The van der Waals surface area contributed by atoms with E-state index in [1.54, 1.807) is 60.7 Å². The Morgan fingerprint density at radius 3 is 2.63 bits per heavy atom. The van der Waals surface area contributed by atoms with Crippen LogP contribution in [0, 0.1) is 0 Å². The lowest BCUT2D eigenvalue weighted by atomic mass is 10.2. The quantitative estimate of drug-likeness (QED) is 0.304. The Balaban J connectivity index is 1.42. The van der Waals surface area contributed by atoms with Gasteiger partial charge in [0, 0.05) is 11.3 Å². The Bertz CT molecular complexity index is 1300. The number of phenols is 1. The number of nitrogens with one attached hydrogen (secondary N) is 3. The zero-order valence-electron chi connectivity index (χ0n) is 15.7. The number of fused-ring (bicyclic) bond motifs is 1. The van der Waals surface area contributed by atoms with Crippen molar-refractivity contribution < 1.29 is 9.90 Å². The van der Waals surface area contributed by atoms with Gasteiger partial charge < -0.3 is 10.4 Å². The van der Waals surface area contributed by atoms with Crippen molar-refractivity contribution in [3.05, 3.63) is 94.3 Å². The molecule has 30 heavy (non-hydrogen) atoms. The molecule has 0 aliphatic heterocycles. The number of aromatic nitrogens is 2. The van der Waals surface area contributed by atoms with Crippen molar-refractivity contribution >= 4 is 34.7 Å². The first-order valence-electron chi connectivity index (χ1n) is 9.07. The van der Waals surface area contributed by atoms with Crippen molar-refractivity contribution in [3.63, 3.8) is 0 Å². The first-order valence-corrected chi connectivity index (χ1v) is 9.07. The SMILES string of the molecule is O=C(N/N=C\c1cccc(O)c1)c1ccc(Nc2nc3ccccc3c(=O)[nH]2)cc1. The van der Waals surface area contributed by atoms with E-state index < -0.39 is 0 Å². The molecule has 4 N–H and O–H groups in total. The highest BCUT2D eigenvalue weighted by molar-refractivity contribution is 5.95. The summed E-state index contributed by atoms with van der Waals surface area (Å²) in [6.07, 6.45) is 1.44. The minimum absolute atomic E-state index is 0.121. The predicted molar refractivity (Wildman–Crippen MR) is 115 cm³/mol. The number of para-hydroxylation sites is 1. The second-order valence-electron chi connectivity index (χ2n) is 6.43. The summed E-state index contributed by atoms with van der Waals surface area (Å²) in [6, 6.07) is 20.2. The van der Waals surface area contributed by atoms with Crippen LogP contribution < -0.4 is 16.3 Å². The monoisotopic (exact) mass is 399 g/mol. The average molecular weight is 399 g/mol. The number of H-pyrrole nitrogens is 1. The molecule has 0 saturated carbocycles. The van der Waals surface area contributed by atoms with E-state index in [-0.39, 0.29) is 17.2 Å². The number of anilines is 2. The number of hydrogen-bond donors (Lipinski definition) is 4. The molecule has 148 valence electrons. The summed E-state index contributed by atoms with van der Waals surface area (Å²) < 4.78 is 0. The van der Waals surface area contributed by atoms with Gasteiger partial charge in [0.05, 0.1) is 17.1 Å². The number of carbonyl (C=O) groups excluding carboxylic acids is 1. The summed E-state index contributed by atoms with van der Waals surface area (Å²) in [7, 11) is 0. The van der Waals surface area contributed by atoms with Gasteiger partial charge in [0.1, 0.15) is 5.75 Å². The van der Waals surface area contributed by atoms with Crippen LogP contribution in [-0.4, -0.2) is 27.2 Å². The second kappa shape index (κ2) is 8.27. The fraction of sp³-hybridized carbons (Fsp3) is 0. The van der Waals surface area contributed by atoms with Crippen LogP contribution in [0.4, 0.5) is 11.6 Å². The van der Waals surface area contributed by atoms with Crippen LogP contribution in [0.1, 0.15) is 15.9 Å². The topological polar surface area (TPSA) is 119 Å². The lowest BCUT2D eigenvalue weighted by molar-refractivity contribution is 0.0955. The Morgan fingerprint density at radius 1 is 1.03 bits per heavy atom. The largest absolute Gasteiger partial charge is 0.508 e. The normalized spacial score (nSPS) is 10.9. The van der Waals surface area contributed by atoms with Crippen LogP contribution in [0.3, 0.4) is 0 Å². The molecule has 0 aliphatic carbocycles. The molecule has 8 nitrogen and oxygen atoms in total. The maximum atomic E-state index is 12.2. The van der Waals surface area contributed by atoms with E-state index in [0.717, 1.165) is 0 Å². The van der Waals surface area contributed by atoms with Gasteiger partial charge in [-0.25, -0.2) is 10.4 Å². The van der Waals surface area contributed by atoms with Gasteiger partial charge in [-0.1, -0.05) is 24.3 Å². The van der Waals surface area contributed by atoms with Crippen LogP contribution in [0.15, 0.2) is 82.7 Å². The van der Waals surface area contributed by atoms with Crippen molar-refractivity contribution in [2.75, 3.05) is 5.32 Å². The van der Waals surface area contributed by atoms with Crippen LogP contribution >= 0.6 is 0 Å². The van der Waals surface area contributed by atoms with E-state index in [1.807, 2.05) is 6.07 Å². The maximum absolute atomic E-state index is 12.2. The number of carbonyl (C=O) groups is 1. The Hall–Kier alpha value is -4.46. The second-order valence-corrected chi connectivity index (χ2v) is 6.43. The first-order chi connectivity index (χ1) is 14.6. The van der Waals surface area contributed by atoms with E-state index >= 15 is 0 Å². The minimum Gasteiger partial charge on any atom is -0.508 e. The number of aromatic hydroxyl groups is 1. The van der Waals surface area contributed by atoms with Crippen molar-refractivity contribution in [2.45, 2.75) is 0 Å². The Labute approximate surface area is 170 Å². The number of rotatable bonds is 5. The van der Waals surface area contributed by atoms with Crippen molar-refractivity contribution in [2.24, 2.45) is 5.10 Å². The van der Waals surface area contributed by atoms with Crippen LogP contribution in [0.2, 0.25) is 0 Å². The van der Waals surface area contributed by atoms with E-state index in [0.29, 0.717) is 33.7 Å². The number of hydrazone groups is 1. The zero-order valence-corrected chi connectivity index (χ0v) is 15.7. The van der Waals surface area contributed by atoms with E-state index in [2.05, 4.69) is 25.8 Å². The zero-order chi connectivity index (χ0) is 20.9. The molecule has 4 aromatic rings. The molecular formula is C22H17N5O3. The van der Waals surface area contributed by atoms with Crippen molar-refractivity contribution in [3.8, 4) is 5.75 Å². The molecule has 1 aromatic heterocycles. The van der Waals surface area contributed by atoms with E-state index in [9.17, 15) is 14.7 Å². The highest BCUT2D eigenvalue weighted by Crippen LogP contribution is 2.15. The van der Waals surface area contributed by atoms with Crippen molar-refractivity contribution in [1.82, 2.24) is 15.4 Å². The van der Waals surface area contributed by atoms with Gasteiger partial charge >= 0.3 is 0 Å². The molecule has 0 radical (unpaired) electrons. The summed E-state index contributed by atoms with van der Waals surface area (Å²) in [5.41, 5.74) is 4.52. The highest BCUT2D eigenvalue weighted by Gasteiger charge is 2.06. The van der Waals surface area contributed by atoms with Gasteiger partial charge in [-0.3, -0.25) is 14.6 Å². The van der Waals surface area contributed by atoms with Gasteiger partial charge in [-0.05, 0) is 54.1 Å². The molecule has 4 rings (SSSR count). The molecule has 3 aromatic carbocycles. The minimum atomic E-state index is -0.379. The molecule has 0 unspecified atom stereocenters.